The van der Waals surface area contributed by atoms with E-state index in [0.29, 0.717) is 9.59 Å². The number of carbonyl (C=O) groups is 1. The van der Waals surface area contributed by atoms with Crippen LogP contribution in [0.3, 0.4) is 0 Å². The number of hydrogen-bond donors (Lipinski definition) is 1. The fraction of sp³-hybridized carbons (Fsp3) is 0.217. The first-order chi connectivity index (χ1) is 19.3. The Hall–Kier alpha value is -4.18. The lowest BCUT2D eigenvalue weighted by Gasteiger charge is -2.22. The van der Waals surface area contributed by atoms with Crippen molar-refractivity contribution in [3.63, 3.8) is 0 Å². The molecule has 1 aromatic carbocycles. The number of alkyl halides is 3. The summed E-state index contributed by atoms with van der Waals surface area (Å²) in [5.41, 5.74) is -0.865. The predicted molar refractivity (Wildman–Crippen MR) is 133 cm³/mol. The van der Waals surface area contributed by atoms with Crippen molar-refractivity contribution in [2.45, 2.75) is 31.7 Å². The van der Waals surface area contributed by atoms with Crippen LogP contribution in [0, 0.1) is 0 Å². The molecule has 0 aliphatic heterocycles. The van der Waals surface area contributed by atoms with E-state index in [1.165, 1.54) is 46.8 Å². The van der Waals surface area contributed by atoms with Crippen LogP contribution in [0.5, 0.6) is 0 Å². The van der Waals surface area contributed by atoms with E-state index < -0.39 is 55.2 Å². The van der Waals surface area contributed by atoms with E-state index >= 15 is 0 Å². The van der Waals surface area contributed by atoms with Crippen LogP contribution in [0.25, 0.3) is 17.2 Å². The Bertz CT molecular complexity index is 1640. The van der Waals surface area contributed by atoms with Crippen LogP contribution in [0.2, 0.25) is 10.0 Å². The topological polar surface area (TPSA) is 113 Å². The lowest BCUT2D eigenvalue weighted by molar-refractivity contribution is -0.164. The van der Waals surface area contributed by atoms with Gasteiger partial charge in [0.15, 0.2) is 23.3 Å². The highest BCUT2D eigenvalue weighted by atomic mass is 35.5. The number of benzene rings is 1. The van der Waals surface area contributed by atoms with Gasteiger partial charge in [0.2, 0.25) is 5.91 Å². The summed E-state index contributed by atoms with van der Waals surface area (Å²) in [5, 5.41) is 10.3. The van der Waals surface area contributed by atoms with Crippen molar-refractivity contribution in [3.05, 3.63) is 87.2 Å². The Morgan fingerprint density at radius 2 is 1.73 bits per heavy atom. The summed E-state index contributed by atoms with van der Waals surface area (Å²) in [5.74, 6) is -3.85. The van der Waals surface area contributed by atoms with Gasteiger partial charge in [0.05, 0.1) is 18.0 Å². The average Bonchev–Trinajstić information content (AvgIpc) is 3.48. The zero-order valence-electron chi connectivity index (χ0n) is 20.3. The molecule has 18 heteroatoms. The second kappa shape index (κ2) is 12.1. The van der Waals surface area contributed by atoms with E-state index in [1.807, 2.05) is 0 Å². The fourth-order valence-electron chi connectivity index (χ4n) is 3.54. The maximum atomic E-state index is 13.9. The van der Waals surface area contributed by atoms with Crippen molar-refractivity contribution >= 4 is 29.1 Å². The van der Waals surface area contributed by atoms with Gasteiger partial charge in [-0.05, 0) is 36.4 Å². The van der Waals surface area contributed by atoms with E-state index in [9.17, 15) is 35.9 Å². The highest BCUT2D eigenvalue weighted by molar-refractivity contribution is 6.32. The van der Waals surface area contributed by atoms with Gasteiger partial charge in [0, 0.05) is 16.8 Å². The first-order valence-electron chi connectivity index (χ1n) is 11.3. The molecular weight excluding hydrogens is 605 g/mol. The molecule has 0 saturated carbocycles. The molecule has 0 bridgehead atoms. The molecule has 1 unspecified atom stereocenters. The van der Waals surface area contributed by atoms with Crippen molar-refractivity contribution in [2.24, 2.45) is 0 Å². The first-order valence-corrected chi connectivity index (χ1v) is 12.1. The Morgan fingerprint density at radius 3 is 2.37 bits per heavy atom. The zero-order chi connectivity index (χ0) is 29.9. The lowest BCUT2D eigenvalue weighted by Crippen LogP contribution is -2.49. The summed E-state index contributed by atoms with van der Waals surface area (Å²) in [6.07, 6.45) is -6.91. The van der Waals surface area contributed by atoms with Gasteiger partial charge >= 0.3 is 17.9 Å². The maximum Gasteiger partial charge on any atom is 0.410 e. The van der Waals surface area contributed by atoms with Crippen LogP contribution in [-0.4, -0.2) is 52.2 Å². The molecular formula is C23H16Cl2F6N8O2. The second-order valence-electron chi connectivity index (χ2n) is 8.30. The summed E-state index contributed by atoms with van der Waals surface area (Å²) >= 11 is 12.0. The van der Waals surface area contributed by atoms with Gasteiger partial charge < -0.3 is 5.32 Å². The molecule has 0 aliphatic carbocycles. The fourth-order valence-corrected chi connectivity index (χ4v) is 3.87. The van der Waals surface area contributed by atoms with Crippen LogP contribution in [0.4, 0.5) is 26.3 Å². The minimum absolute atomic E-state index is 0.0253. The van der Waals surface area contributed by atoms with Gasteiger partial charge in [0.25, 0.3) is 0 Å². The van der Waals surface area contributed by atoms with Crippen LogP contribution in [0.1, 0.15) is 12.2 Å². The highest BCUT2D eigenvalue weighted by Crippen LogP contribution is 2.25. The molecule has 4 aromatic rings. The zero-order valence-corrected chi connectivity index (χ0v) is 21.8. The Labute approximate surface area is 235 Å². The van der Waals surface area contributed by atoms with Crippen molar-refractivity contribution in [1.29, 1.82) is 0 Å². The predicted octanol–water partition coefficient (Wildman–Crippen LogP) is 4.56. The number of nitrogens with zero attached hydrogens (tertiary/aromatic N) is 7. The van der Waals surface area contributed by atoms with Gasteiger partial charge in [-0.2, -0.15) is 22.0 Å². The van der Waals surface area contributed by atoms with E-state index in [-0.39, 0.29) is 28.1 Å². The summed E-state index contributed by atoms with van der Waals surface area (Å²) in [6, 6.07) is 6.00. The third kappa shape index (κ3) is 7.13. The number of amides is 1. The smallest absolute Gasteiger partial charge is 0.343 e. The van der Waals surface area contributed by atoms with E-state index in [0.717, 1.165) is 4.68 Å². The molecule has 0 aliphatic rings. The molecule has 0 fully saturated rings. The highest BCUT2D eigenvalue weighted by Gasteiger charge is 2.42. The average molecular weight is 621 g/mol. The monoisotopic (exact) mass is 620 g/mol. The molecule has 0 saturated heterocycles. The maximum absolute atomic E-state index is 13.9. The lowest BCUT2D eigenvalue weighted by atomic mass is 10.2. The van der Waals surface area contributed by atoms with Gasteiger partial charge in [-0.1, -0.05) is 23.2 Å². The van der Waals surface area contributed by atoms with Gasteiger partial charge in [-0.3, -0.25) is 9.36 Å². The molecule has 1 N–H and O–H groups in total. The molecule has 4 rings (SSSR count). The van der Waals surface area contributed by atoms with E-state index in [1.54, 1.807) is 12.1 Å². The van der Waals surface area contributed by atoms with Crippen LogP contribution in [-0.2, 0) is 17.9 Å². The summed E-state index contributed by atoms with van der Waals surface area (Å²) < 4.78 is 82.1. The molecule has 3 heterocycles. The third-order valence-electron chi connectivity index (χ3n) is 5.43. The molecule has 0 radical (unpaired) electrons. The van der Waals surface area contributed by atoms with Gasteiger partial charge in [0.1, 0.15) is 18.9 Å². The standard InChI is InChI=1S/C23H16Cl2F6N8O2/c24-13-5-3-12(4-6-13)20-36-38(10-17-33-11-39(35-17)21-14(25)2-1-7-32-21)22(41)37(20)9-16(23(29,30)31)34-18(40)8-15(26)19(27)28/h1-7,11,16H,8-10H2,(H,34,40). The van der Waals surface area contributed by atoms with Crippen LogP contribution >= 0.6 is 23.2 Å². The Balaban J connectivity index is 1.70. The molecule has 216 valence electrons. The van der Waals surface area contributed by atoms with Crippen molar-refractivity contribution in [3.8, 4) is 17.2 Å². The summed E-state index contributed by atoms with van der Waals surface area (Å²) in [4.78, 5) is 33.3. The first kappa shape index (κ1) is 29.8. The van der Waals surface area contributed by atoms with Gasteiger partial charge in [-0.15, -0.1) is 10.2 Å². The summed E-state index contributed by atoms with van der Waals surface area (Å²) in [6.45, 7) is -1.61. The number of nitrogens with one attached hydrogen (secondary N) is 1. The molecule has 10 nitrogen and oxygen atoms in total. The summed E-state index contributed by atoms with van der Waals surface area (Å²) in [7, 11) is 0. The van der Waals surface area contributed by atoms with Crippen LogP contribution < -0.4 is 11.0 Å². The number of halogens is 8. The van der Waals surface area contributed by atoms with E-state index in [4.69, 9.17) is 23.2 Å². The largest absolute Gasteiger partial charge is 0.410 e. The Morgan fingerprint density at radius 1 is 1.02 bits per heavy atom. The molecule has 3 aromatic heterocycles. The van der Waals surface area contributed by atoms with Gasteiger partial charge in [-0.25, -0.2) is 28.5 Å². The number of carbonyl (C=O) groups excluding carboxylic acids is 1. The molecule has 1 atom stereocenters. The third-order valence-corrected chi connectivity index (χ3v) is 5.98. The number of aromatic nitrogens is 7. The number of pyridine rings is 1. The number of rotatable bonds is 9. The molecule has 41 heavy (non-hydrogen) atoms. The minimum Gasteiger partial charge on any atom is -0.343 e. The molecule has 1 amide bonds. The van der Waals surface area contributed by atoms with E-state index in [2.05, 4.69) is 20.2 Å². The second-order valence-corrected chi connectivity index (χ2v) is 9.14. The van der Waals surface area contributed by atoms with Crippen molar-refractivity contribution in [1.82, 2.24) is 39.4 Å². The minimum atomic E-state index is -5.16. The number of hydrogen-bond acceptors (Lipinski definition) is 6. The van der Waals surface area contributed by atoms with Crippen molar-refractivity contribution in [2.75, 3.05) is 0 Å². The quantitative estimate of drug-likeness (QED) is 0.275. The van der Waals surface area contributed by atoms with Crippen molar-refractivity contribution < 1.29 is 31.1 Å². The van der Waals surface area contributed by atoms with Crippen LogP contribution in [0.15, 0.2) is 65.6 Å². The normalized spacial score (nSPS) is 12.3. The molecule has 0 spiro atoms. The SMILES string of the molecule is O=C(CC(F)=C(F)F)NC(Cn1c(-c2ccc(Cl)cc2)nn(Cc2ncn(-c3ncccc3Cl)n2)c1=O)C(F)(F)F. The Kier molecular flexibility index (Phi) is 8.82.